The van der Waals surface area contributed by atoms with Crippen molar-refractivity contribution in [1.82, 2.24) is 10.8 Å². The van der Waals surface area contributed by atoms with Crippen molar-refractivity contribution in [2.45, 2.75) is 13.2 Å². The third-order valence-electron chi connectivity index (χ3n) is 1.74. The van der Waals surface area contributed by atoms with Crippen molar-refractivity contribution in [1.29, 1.82) is 0 Å². The fraction of sp³-hybridized carbons (Fsp3) is 0.875. The molecule has 2 unspecified atom stereocenters. The highest BCUT2D eigenvalue weighted by Gasteiger charge is 2.22. The van der Waals surface area contributed by atoms with Crippen molar-refractivity contribution in [3.05, 3.63) is 0 Å². The van der Waals surface area contributed by atoms with E-state index in [0.29, 0.717) is 6.61 Å². The molecule has 0 radical (unpaired) electrons. The lowest BCUT2D eigenvalue weighted by molar-refractivity contribution is -0.128. The SMILES string of the molecule is CC(CONC1CO1)C(=O)NCCO. The maximum absolute atomic E-state index is 11.2. The van der Waals surface area contributed by atoms with Gasteiger partial charge in [-0.3, -0.25) is 9.63 Å². The van der Waals surface area contributed by atoms with Crippen LogP contribution in [0.3, 0.4) is 0 Å². The monoisotopic (exact) mass is 204 g/mol. The highest BCUT2D eigenvalue weighted by Crippen LogP contribution is 2.04. The molecular formula is C8H16N2O4. The third-order valence-corrected chi connectivity index (χ3v) is 1.74. The summed E-state index contributed by atoms with van der Waals surface area (Å²) in [6.45, 7) is 2.93. The minimum Gasteiger partial charge on any atom is -0.395 e. The van der Waals surface area contributed by atoms with Crippen molar-refractivity contribution in [2.75, 3.05) is 26.4 Å². The van der Waals surface area contributed by atoms with Gasteiger partial charge in [-0.25, -0.2) is 0 Å². The van der Waals surface area contributed by atoms with Crippen LogP contribution >= 0.6 is 0 Å². The number of ether oxygens (including phenoxy) is 1. The molecule has 6 heteroatoms. The van der Waals surface area contributed by atoms with E-state index in [-0.39, 0.29) is 37.8 Å². The number of amides is 1. The van der Waals surface area contributed by atoms with Crippen molar-refractivity contribution in [3.63, 3.8) is 0 Å². The fourth-order valence-corrected chi connectivity index (χ4v) is 0.811. The quantitative estimate of drug-likeness (QED) is 0.351. The van der Waals surface area contributed by atoms with E-state index in [4.69, 9.17) is 14.7 Å². The van der Waals surface area contributed by atoms with Crippen LogP contribution in [0, 0.1) is 5.92 Å². The van der Waals surface area contributed by atoms with Crippen LogP contribution in [0.2, 0.25) is 0 Å². The summed E-state index contributed by atoms with van der Waals surface area (Å²) >= 11 is 0. The molecule has 0 spiro atoms. The first-order valence-electron chi connectivity index (χ1n) is 4.61. The van der Waals surface area contributed by atoms with E-state index in [1.165, 1.54) is 0 Å². The Morgan fingerprint density at radius 2 is 2.50 bits per heavy atom. The lowest BCUT2D eigenvalue weighted by Crippen LogP contribution is -2.35. The number of rotatable bonds is 7. The number of aliphatic hydroxyl groups is 1. The van der Waals surface area contributed by atoms with Crippen LogP contribution in [0.25, 0.3) is 0 Å². The first kappa shape index (κ1) is 11.4. The molecule has 3 N–H and O–H groups in total. The van der Waals surface area contributed by atoms with Gasteiger partial charge in [0.1, 0.15) is 0 Å². The van der Waals surface area contributed by atoms with Gasteiger partial charge in [0, 0.05) is 6.54 Å². The van der Waals surface area contributed by atoms with Gasteiger partial charge >= 0.3 is 0 Å². The van der Waals surface area contributed by atoms with Gasteiger partial charge in [0.15, 0.2) is 6.23 Å². The Bertz CT molecular complexity index is 184. The van der Waals surface area contributed by atoms with E-state index in [0.717, 1.165) is 0 Å². The Labute approximate surface area is 82.5 Å². The Kier molecular flexibility index (Phi) is 4.81. The molecule has 1 saturated heterocycles. The number of carbonyl (C=O) groups excluding carboxylic acids is 1. The lowest BCUT2D eigenvalue weighted by Gasteiger charge is -2.11. The third kappa shape index (κ3) is 4.52. The summed E-state index contributed by atoms with van der Waals surface area (Å²) in [6.07, 6.45) is -0.0114. The molecule has 0 bridgehead atoms. The Balaban J connectivity index is 2.00. The molecule has 1 fully saturated rings. The fourth-order valence-electron chi connectivity index (χ4n) is 0.811. The summed E-state index contributed by atoms with van der Waals surface area (Å²) in [5.74, 6) is -0.370. The van der Waals surface area contributed by atoms with Gasteiger partial charge in [-0.1, -0.05) is 6.92 Å². The van der Waals surface area contributed by atoms with Crippen molar-refractivity contribution >= 4 is 5.91 Å². The molecule has 6 nitrogen and oxygen atoms in total. The highest BCUT2D eigenvalue weighted by molar-refractivity contribution is 5.78. The molecular weight excluding hydrogens is 188 g/mol. The van der Waals surface area contributed by atoms with Crippen molar-refractivity contribution in [3.8, 4) is 0 Å². The maximum atomic E-state index is 11.2. The highest BCUT2D eigenvalue weighted by atomic mass is 16.7. The second kappa shape index (κ2) is 5.92. The second-order valence-electron chi connectivity index (χ2n) is 3.17. The molecule has 0 aromatic heterocycles. The average molecular weight is 204 g/mol. The van der Waals surface area contributed by atoms with E-state index in [2.05, 4.69) is 10.8 Å². The summed E-state index contributed by atoms with van der Waals surface area (Å²) in [4.78, 5) is 16.3. The smallest absolute Gasteiger partial charge is 0.225 e. The standard InChI is InChI=1S/C8H16N2O4/c1-6(8(12)9-2-3-11)4-14-10-7-5-13-7/h6-7,10-11H,2-5H2,1H3,(H,9,12). The lowest BCUT2D eigenvalue weighted by atomic mass is 10.2. The minimum atomic E-state index is -0.243. The second-order valence-corrected chi connectivity index (χ2v) is 3.17. The van der Waals surface area contributed by atoms with Gasteiger partial charge in [0.2, 0.25) is 5.91 Å². The normalized spacial score (nSPS) is 21.7. The largest absolute Gasteiger partial charge is 0.395 e. The first-order chi connectivity index (χ1) is 6.74. The summed E-state index contributed by atoms with van der Waals surface area (Å²) in [7, 11) is 0. The molecule has 1 amide bonds. The Hall–Kier alpha value is -0.690. The maximum Gasteiger partial charge on any atom is 0.225 e. The minimum absolute atomic E-state index is 0.0114. The summed E-state index contributed by atoms with van der Waals surface area (Å²) < 4.78 is 4.85. The zero-order valence-electron chi connectivity index (χ0n) is 8.16. The van der Waals surface area contributed by atoms with Crippen LogP contribution in [0.5, 0.6) is 0 Å². The van der Waals surface area contributed by atoms with E-state index in [9.17, 15) is 4.79 Å². The summed E-state index contributed by atoms with van der Waals surface area (Å²) in [5, 5.41) is 11.0. The van der Waals surface area contributed by atoms with Gasteiger partial charge in [-0.15, -0.1) is 0 Å². The molecule has 2 atom stereocenters. The number of nitrogens with one attached hydrogen (secondary N) is 2. The van der Waals surface area contributed by atoms with Crippen LogP contribution in [0.15, 0.2) is 0 Å². The van der Waals surface area contributed by atoms with Gasteiger partial charge in [-0.2, -0.15) is 5.48 Å². The van der Waals surface area contributed by atoms with Gasteiger partial charge in [0.05, 0.1) is 25.7 Å². The predicted octanol–water partition coefficient (Wildman–Crippen LogP) is -1.39. The number of epoxide rings is 1. The summed E-state index contributed by atoms with van der Waals surface area (Å²) in [5.41, 5.74) is 2.65. The number of hydrogen-bond acceptors (Lipinski definition) is 5. The van der Waals surface area contributed by atoms with Crippen LogP contribution < -0.4 is 10.8 Å². The number of hydroxylamine groups is 1. The van der Waals surface area contributed by atoms with Crippen LogP contribution in [-0.2, 0) is 14.4 Å². The first-order valence-corrected chi connectivity index (χ1v) is 4.61. The molecule has 82 valence electrons. The van der Waals surface area contributed by atoms with Crippen LogP contribution in [-0.4, -0.2) is 43.6 Å². The zero-order valence-corrected chi connectivity index (χ0v) is 8.16. The van der Waals surface area contributed by atoms with Crippen LogP contribution in [0.1, 0.15) is 6.92 Å². The van der Waals surface area contributed by atoms with E-state index >= 15 is 0 Å². The van der Waals surface area contributed by atoms with Crippen LogP contribution in [0.4, 0.5) is 0 Å². The molecule has 1 heterocycles. The molecule has 0 saturated carbocycles. The number of hydrogen-bond donors (Lipinski definition) is 3. The molecule has 1 aliphatic heterocycles. The zero-order chi connectivity index (χ0) is 10.4. The molecule has 1 aliphatic rings. The van der Waals surface area contributed by atoms with E-state index in [1.807, 2.05) is 0 Å². The Morgan fingerprint density at radius 3 is 3.07 bits per heavy atom. The van der Waals surface area contributed by atoms with E-state index in [1.54, 1.807) is 6.92 Å². The average Bonchev–Trinajstić information content (AvgIpc) is 2.97. The predicted molar refractivity (Wildman–Crippen MR) is 48.1 cm³/mol. The Morgan fingerprint density at radius 1 is 1.79 bits per heavy atom. The molecule has 1 rings (SSSR count). The van der Waals surface area contributed by atoms with Gasteiger partial charge in [-0.05, 0) is 0 Å². The van der Waals surface area contributed by atoms with E-state index < -0.39 is 0 Å². The molecule has 0 aromatic carbocycles. The van der Waals surface area contributed by atoms with Crippen molar-refractivity contribution < 1.29 is 19.5 Å². The molecule has 0 aliphatic carbocycles. The van der Waals surface area contributed by atoms with Gasteiger partial charge in [0.25, 0.3) is 0 Å². The van der Waals surface area contributed by atoms with Crippen molar-refractivity contribution in [2.24, 2.45) is 5.92 Å². The summed E-state index contributed by atoms with van der Waals surface area (Å²) in [6, 6.07) is 0. The topological polar surface area (TPSA) is 83.1 Å². The number of aliphatic hydroxyl groups excluding tert-OH is 1. The van der Waals surface area contributed by atoms with Gasteiger partial charge < -0.3 is 15.2 Å². The molecule has 0 aromatic rings. The number of carbonyl (C=O) groups is 1. The molecule has 14 heavy (non-hydrogen) atoms.